The molecular formula is C11H11BrN4. The lowest BCUT2D eigenvalue weighted by atomic mass is 10.2. The molecule has 0 saturated carbocycles. The molecule has 0 aliphatic rings. The SMILES string of the molecule is Cc1ccc(Nc2ncncc2N)cc1Br. The molecule has 82 valence electrons. The van der Waals surface area contributed by atoms with E-state index in [2.05, 4.69) is 31.2 Å². The molecule has 2 rings (SSSR count). The molecule has 1 aromatic carbocycles. The van der Waals surface area contributed by atoms with Crippen molar-refractivity contribution < 1.29 is 0 Å². The van der Waals surface area contributed by atoms with Crippen molar-refractivity contribution in [1.82, 2.24) is 9.97 Å². The van der Waals surface area contributed by atoms with Gasteiger partial charge in [0.2, 0.25) is 0 Å². The minimum Gasteiger partial charge on any atom is -0.394 e. The van der Waals surface area contributed by atoms with Gasteiger partial charge in [-0.05, 0) is 24.6 Å². The summed E-state index contributed by atoms with van der Waals surface area (Å²) < 4.78 is 1.05. The lowest BCUT2D eigenvalue weighted by molar-refractivity contribution is 1.17. The number of nitrogen functional groups attached to an aromatic ring is 1. The molecule has 3 N–H and O–H groups in total. The van der Waals surface area contributed by atoms with Crippen molar-refractivity contribution in [2.45, 2.75) is 6.92 Å². The Balaban J connectivity index is 2.28. The lowest BCUT2D eigenvalue weighted by Gasteiger charge is -2.08. The van der Waals surface area contributed by atoms with E-state index in [1.165, 1.54) is 11.9 Å². The minimum atomic E-state index is 0.527. The molecule has 0 bridgehead atoms. The van der Waals surface area contributed by atoms with Crippen LogP contribution in [0, 0.1) is 6.92 Å². The number of rotatable bonds is 2. The van der Waals surface area contributed by atoms with Crippen molar-refractivity contribution in [3.63, 3.8) is 0 Å². The first-order valence-electron chi connectivity index (χ1n) is 4.75. The van der Waals surface area contributed by atoms with Crippen LogP contribution in [0.25, 0.3) is 0 Å². The van der Waals surface area contributed by atoms with Crippen LogP contribution < -0.4 is 11.1 Å². The second-order valence-corrected chi connectivity index (χ2v) is 4.27. The van der Waals surface area contributed by atoms with Crippen LogP contribution in [0.5, 0.6) is 0 Å². The van der Waals surface area contributed by atoms with Gasteiger partial charge in [0, 0.05) is 10.2 Å². The average Bonchev–Trinajstić information content (AvgIpc) is 2.27. The Hall–Kier alpha value is -1.62. The van der Waals surface area contributed by atoms with Crippen LogP contribution in [0.4, 0.5) is 17.2 Å². The molecular weight excluding hydrogens is 268 g/mol. The average molecular weight is 279 g/mol. The maximum Gasteiger partial charge on any atom is 0.157 e. The number of nitrogens with one attached hydrogen (secondary N) is 1. The molecule has 0 aliphatic carbocycles. The Morgan fingerprint density at radius 1 is 1.38 bits per heavy atom. The zero-order valence-corrected chi connectivity index (χ0v) is 10.3. The first kappa shape index (κ1) is 10.9. The van der Waals surface area contributed by atoms with Crippen molar-refractivity contribution >= 4 is 33.1 Å². The molecule has 0 atom stereocenters. The van der Waals surface area contributed by atoms with E-state index < -0.39 is 0 Å². The summed E-state index contributed by atoms with van der Waals surface area (Å²) in [6.45, 7) is 2.03. The number of anilines is 3. The van der Waals surface area contributed by atoms with Gasteiger partial charge < -0.3 is 11.1 Å². The molecule has 0 radical (unpaired) electrons. The molecule has 0 fully saturated rings. The van der Waals surface area contributed by atoms with E-state index in [1.807, 2.05) is 25.1 Å². The van der Waals surface area contributed by atoms with Crippen molar-refractivity contribution in [2.24, 2.45) is 0 Å². The van der Waals surface area contributed by atoms with Crippen LogP contribution >= 0.6 is 15.9 Å². The van der Waals surface area contributed by atoms with E-state index in [9.17, 15) is 0 Å². The summed E-state index contributed by atoms with van der Waals surface area (Å²) in [6, 6.07) is 5.97. The molecule has 0 unspecified atom stereocenters. The Morgan fingerprint density at radius 2 is 2.19 bits per heavy atom. The molecule has 1 heterocycles. The van der Waals surface area contributed by atoms with E-state index in [-0.39, 0.29) is 0 Å². The van der Waals surface area contributed by atoms with E-state index in [0.717, 1.165) is 10.2 Å². The van der Waals surface area contributed by atoms with Crippen molar-refractivity contribution in [1.29, 1.82) is 0 Å². The van der Waals surface area contributed by atoms with Gasteiger partial charge in [0.1, 0.15) is 6.33 Å². The van der Waals surface area contributed by atoms with Crippen molar-refractivity contribution in [3.05, 3.63) is 40.8 Å². The summed E-state index contributed by atoms with van der Waals surface area (Å²) in [4.78, 5) is 7.90. The Morgan fingerprint density at radius 3 is 2.88 bits per heavy atom. The third-order valence-corrected chi connectivity index (χ3v) is 3.03. The Kier molecular flexibility index (Phi) is 3.05. The number of aryl methyl sites for hydroxylation is 1. The number of nitrogens with zero attached hydrogens (tertiary/aromatic N) is 2. The number of halogens is 1. The predicted molar refractivity (Wildman–Crippen MR) is 68.6 cm³/mol. The fourth-order valence-corrected chi connectivity index (χ4v) is 1.63. The van der Waals surface area contributed by atoms with Crippen LogP contribution in [0.2, 0.25) is 0 Å². The van der Waals surface area contributed by atoms with Gasteiger partial charge in [-0.2, -0.15) is 0 Å². The summed E-state index contributed by atoms with van der Waals surface area (Å²) in [5, 5.41) is 3.13. The quantitative estimate of drug-likeness (QED) is 0.887. The lowest BCUT2D eigenvalue weighted by Crippen LogP contribution is -1.99. The smallest absolute Gasteiger partial charge is 0.157 e. The highest BCUT2D eigenvalue weighted by Crippen LogP contribution is 2.24. The van der Waals surface area contributed by atoms with Crippen LogP contribution in [-0.4, -0.2) is 9.97 Å². The van der Waals surface area contributed by atoms with E-state index in [4.69, 9.17) is 5.73 Å². The molecule has 5 heteroatoms. The number of nitrogens with two attached hydrogens (primary N) is 1. The monoisotopic (exact) mass is 278 g/mol. The van der Waals surface area contributed by atoms with Crippen LogP contribution in [-0.2, 0) is 0 Å². The van der Waals surface area contributed by atoms with Crippen molar-refractivity contribution in [3.8, 4) is 0 Å². The normalized spacial score (nSPS) is 10.1. The third-order valence-electron chi connectivity index (χ3n) is 2.18. The summed E-state index contributed by atoms with van der Waals surface area (Å²) in [5.41, 5.74) is 8.38. The van der Waals surface area contributed by atoms with Crippen LogP contribution in [0.15, 0.2) is 35.2 Å². The predicted octanol–water partition coefficient (Wildman–Crippen LogP) is 2.87. The molecule has 1 aromatic heterocycles. The number of benzene rings is 1. The standard InChI is InChI=1S/C11H11BrN4/c1-7-2-3-8(4-9(7)12)16-11-10(13)5-14-6-15-11/h2-6H,13H2,1H3,(H,14,15,16). The van der Waals surface area contributed by atoms with Gasteiger partial charge >= 0.3 is 0 Å². The first-order valence-corrected chi connectivity index (χ1v) is 5.55. The van der Waals surface area contributed by atoms with Gasteiger partial charge in [-0.3, -0.25) is 0 Å². The van der Waals surface area contributed by atoms with Gasteiger partial charge in [-0.15, -0.1) is 0 Å². The van der Waals surface area contributed by atoms with Gasteiger partial charge in [0.15, 0.2) is 5.82 Å². The fourth-order valence-electron chi connectivity index (χ4n) is 1.25. The Labute approximate surface area is 102 Å². The van der Waals surface area contributed by atoms with E-state index in [1.54, 1.807) is 6.20 Å². The topological polar surface area (TPSA) is 63.8 Å². The Bertz CT molecular complexity index is 513. The summed E-state index contributed by atoms with van der Waals surface area (Å²) >= 11 is 3.47. The molecule has 0 spiro atoms. The van der Waals surface area contributed by atoms with E-state index >= 15 is 0 Å². The molecule has 16 heavy (non-hydrogen) atoms. The number of hydrogen-bond acceptors (Lipinski definition) is 4. The van der Waals surface area contributed by atoms with Gasteiger partial charge in [0.05, 0.1) is 11.9 Å². The van der Waals surface area contributed by atoms with Gasteiger partial charge in [-0.25, -0.2) is 9.97 Å². The second-order valence-electron chi connectivity index (χ2n) is 3.42. The zero-order valence-electron chi connectivity index (χ0n) is 8.74. The number of aromatic nitrogens is 2. The maximum absolute atomic E-state index is 5.74. The maximum atomic E-state index is 5.74. The van der Waals surface area contributed by atoms with Crippen molar-refractivity contribution in [2.75, 3.05) is 11.1 Å². The van der Waals surface area contributed by atoms with E-state index in [0.29, 0.717) is 11.5 Å². The second kappa shape index (κ2) is 4.49. The first-order chi connectivity index (χ1) is 7.66. The highest BCUT2D eigenvalue weighted by Gasteiger charge is 2.02. The zero-order chi connectivity index (χ0) is 11.5. The highest BCUT2D eigenvalue weighted by molar-refractivity contribution is 9.10. The molecule has 0 amide bonds. The van der Waals surface area contributed by atoms with Gasteiger partial charge in [0.25, 0.3) is 0 Å². The summed E-state index contributed by atoms with van der Waals surface area (Å²) in [7, 11) is 0. The summed E-state index contributed by atoms with van der Waals surface area (Å²) in [5.74, 6) is 0.616. The molecule has 0 aliphatic heterocycles. The van der Waals surface area contributed by atoms with Crippen LogP contribution in [0.3, 0.4) is 0 Å². The number of hydrogen-bond donors (Lipinski definition) is 2. The van der Waals surface area contributed by atoms with Gasteiger partial charge in [-0.1, -0.05) is 22.0 Å². The largest absolute Gasteiger partial charge is 0.394 e. The fraction of sp³-hybridized carbons (Fsp3) is 0.0909. The van der Waals surface area contributed by atoms with Crippen LogP contribution in [0.1, 0.15) is 5.56 Å². The molecule has 4 nitrogen and oxygen atoms in total. The third kappa shape index (κ3) is 2.30. The highest BCUT2D eigenvalue weighted by atomic mass is 79.9. The minimum absolute atomic E-state index is 0.527. The molecule has 0 saturated heterocycles. The summed E-state index contributed by atoms with van der Waals surface area (Å²) in [6.07, 6.45) is 3.03. The molecule has 2 aromatic rings.